The lowest BCUT2D eigenvalue weighted by Crippen LogP contribution is -2.47. The van der Waals surface area contributed by atoms with Gasteiger partial charge >= 0.3 is 0 Å². The molecule has 0 fully saturated rings. The van der Waals surface area contributed by atoms with E-state index in [-0.39, 0.29) is 12.5 Å². The third-order valence-corrected chi connectivity index (χ3v) is 2.39. The summed E-state index contributed by atoms with van der Waals surface area (Å²) in [5.74, 6) is -1.18. The van der Waals surface area contributed by atoms with Crippen molar-refractivity contribution in [2.24, 2.45) is 5.41 Å². The molecule has 6 heteroatoms. The van der Waals surface area contributed by atoms with Gasteiger partial charge in [0.1, 0.15) is 0 Å². The molecule has 0 atom stereocenters. The van der Waals surface area contributed by atoms with Crippen molar-refractivity contribution in [3.63, 3.8) is 0 Å². The Bertz CT molecular complexity index is 492. The van der Waals surface area contributed by atoms with Crippen molar-refractivity contribution < 1.29 is 14.4 Å². The highest BCUT2D eigenvalue weighted by Crippen LogP contribution is 2.11. The van der Waals surface area contributed by atoms with E-state index in [0.717, 1.165) is 0 Å². The topological polar surface area (TPSA) is 87.3 Å². The summed E-state index contributed by atoms with van der Waals surface area (Å²) >= 11 is 0. The van der Waals surface area contributed by atoms with E-state index in [1.807, 2.05) is 0 Å². The summed E-state index contributed by atoms with van der Waals surface area (Å²) in [5.41, 5.74) is 4.32. The van der Waals surface area contributed by atoms with Crippen LogP contribution in [0.3, 0.4) is 0 Å². The maximum absolute atomic E-state index is 11.6. The maximum Gasteiger partial charge on any atom is 0.269 e. The molecule has 1 radical (unpaired) electrons. The Labute approximate surface area is 117 Å². The Morgan fingerprint density at radius 2 is 1.70 bits per heavy atom. The predicted octanol–water partition coefficient (Wildman–Crippen LogP) is 0.410. The average molecular weight is 276 g/mol. The molecule has 1 rings (SSSR count). The lowest BCUT2D eigenvalue weighted by Gasteiger charge is -2.17. The number of benzene rings is 1. The van der Waals surface area contributed by atoms with Gasteiger partial charge in [-0.2, -0.15) is 0 Å². The number of hydrogen-bond donors (Lipinski definition) is 3. The Hall–Kier alpha value is -2.37. The van der Waals surface area contributed by atoms with Crippen LogP contribution in [0.1, 0.15) is 31.1 Å². The highest BCUT2D eigenvalue weighted by molar-refractivity contribution is 5.95. The molecule has 1 aromatic carbocycles. The van der Waals surface area contributed by atoms with Crippen molar-refractivity contribution in [2.75, 3.05) is 6.54 Å². The summed E-state index contributed by atoms with van der Waals surface area (Å²) < 4.78 is 0. The van der Waals surface area contributed by atoms with Gasteiger partial charge in [0.05, 0.1) is 6.54 Å². The van der Waals surface area contributed by atoms with Gasteiger partial charge in [0, 0.05) is 11.0 Å². The van der Waals surface area contributed by atoms with E-state index in [9.17, 15) is 14.4 Å². The lowest BCUT2D eigenvalue weighted by atomic mass is 9.96. The van der Waals surface area contributed by atoms with Gasteiger partial charge < -0.3 is 5.32 Å². The molecule has 20 heavy (non-hydrogen) atoms. The minimum absolute atomic E-state index is 0.195. The number of hydrazine groups is 1. The van der Waals surface area contributed by atoms with Gasteiger partial charge in [-0.05, 0) is 18.2 Å². The van der Waals surface area contributed by atoms with Crippen molar-refractivity contribution in [3.05, 3.63) is 35.9 Å². The fourth-order valence-corrected chi connectivity index (χ4v) is 1.21. The molecule has 0 aromatic heterocycles. The van der Waals surface area contributed by atoms with Gasteiger partial charge in [-0.25, -0.2) is 0 Å². The zero-order valence-electron chi connectivity index (χ0n) is 11.7. The molecular formula is C14H18N3O3. The summed E-state index contributed by atoms with van der Waals surface area (Å²) in [4.78, 5) is 34.6. The van der Waals surface area contributed by atoms with Crippen LogP contribution in [0.4, 0.5) is 0 Å². The van der Waals surface area contributed by atoms with Crippen LogP contribution in [0.25, 0.3) is 0 Å². The van der Waals surface area contributed by atoms with E-state index in [1.165, 1.54) is 0 Å². The van der Waals surface area contributed by atoms with E-state index in [1.54, 1.807) is 45.0 Å². The smallest absolute Gasteiger partial charge is 0.269 e. The lowest BCUT2D eigenvalue weighted by molar-refractivity contribution is -0.131. The maximum atomic E-state index is 11.6. The first-order chi connectivity index (χ1) is 9.30. The van der Waals surface area contributed by atoms with Crippen molar-refractivity contribution in [1.29, 1.82) is 0 Å². The highest BCUT2D eigenvalue weighted by atomic mass is 16.2. The molecule has 0 heterocycles. The quantitative estimate of drug-likeness (QED) is 0.699. The second-order valence-corrected chi connectivity index (χ2v) is 5.22. The van der Waals surface area contributed by atoms with Gasteiger partial charge in [-0.1, -0.05) is 32.9 Å². The first-order valence-corrected chi connectivity index (χ1v) is 6.14. The second kappa shape index (κ2) is 6.70. The Balaban J connectivity index is 2.34. The number of rotatable bonds is 3. The summed E-state index contributed by atoms with van der Waals surface area (Å²) in [6, 6.07) is 9.12. The van der Waals surface area contributed by atoms with Crippen molar-refractivity contribution in [1.82, 2.24) is 16.2 Å². The van der Waals surface area contributed by atoms with Crippen LogP contribution in [0.2, 0.25) is 0 Å². The second-order valence-electron chi connectivity index (χ2n) is 5.22. The number of nitrogens with one attached hydrogen (secondary N) is 3. The average Bonchev–Trinajstić information content (AvgIpc) is 2.41. The first kappa shape index (κ1) is 15.7. The Kier molecular flexibility index (Phi) is 5.25. The van der Waals surface area contributed by atoms with Crippen LogP contribution in [-0.2, 0) is 9.59 Å². The number of carbonyl (C=O) groups is 3. The standard InChI is InChI=1S/C14H18N3O3/c1-14(2,3)13(20)15-9-11(18)16-17-12(19)10-7-5-4-6-8-10/h5-8H,9H2,1-3H3,(H,15,20)(H,16,18)(H,17,19). The van der Waals surface area contributed by atoms with Gasteiger partial charge in [-0.15, -0.1) is 0 Å². The molecular weight excluding hydrogens is 258 g/mol. The molecule has 3 amide bonds. The molecule has 107 valence electrons. The van der Waals surface area contributed by atoms with Crippen LogP contribution >= 0.6 is 0 Å². The molecule has 0 spiro atoms. The molecule has 0 aliphatic rings. The minimum Gasteiger partial charge on any atom is -0.347 e. The number of hydrogen-bond acceptors (Lipinski definition) is 3. The van der Waals surface area contributed by atoms with E-state index in [2.05, 4.69) is 22.2 Å². The molecule has 0 unspecified atom stereocenters. The van der Waals surface area contributed by atoms with E-state index < -0.39 is 17.2 Å². The van der Waals surface area contributed by atoms with Crippen LogP contribution < -0.4 is 16.2 Å². The van der Waals surface area contributed by atoms with E-state index >= 15 is 0 Å². The highest BCUT2D eigenvalue weighted by Gasteiger charge is 2.21. The predicted molar refractivity (Wildman–Crippen MR) is 73.4 cm³/mol. The molecule has 3 N–H and O–H groups in total. The van der Waals surface area contributed by atoms with Gasteiger partial charge in [0.2, 0.25) is 5.91 Å². The number of carbonyl (C=O) groups excluding carboxylic acids is 3. The summed E-state index contributed by atoms with van der Waals surface area (Å²) in [6.45, 7) is 5.04. The third-order valence-electron chi connectivity index (χ3n) is 2.39. The van der Waals surface area contributed by atoms with Gasteiger partial charge in [0.15, 0.2) is 0 Å². The summed E-state index contributed by atoms with van der Waals surface area (Å²) in [6.07, 6.45) is 0. The molecule has 0 saturated carbocycles. The van der Waals surface area contributed by atoms with Crippen LogP contribution in [0, 0.1) is 11.5 Å². The molecule has 1 aromatic rings. The third kappa shape index (κ3) is 5.09. The molecule has 0 aliphatic heterocycles. The fraction of sp³-hybridized carbons (Fsp3) is 0.357. The molecule has 0 saturated heterocycles. The fourth-order valence-electron chi connectivity index (χ4n) is 1.21. The summed E-state index contributed by atoms with van der Waals surface area (Å²) in [7, 11) is 0. The largest absolute Gasteiger partial charge is 0.347 e. The normalized spacial score (nSPS) is 10.6. The van der Waals surface area contributed by atoms with E-state index in [4.69, 9.17) is 0 Å². The molecule has 0 bridgehead atoms. The monoisotopic (exact) mass is 276 g/mol. The van der Waals surface area contributed by atoms with Crippen molar-refractivity contribution in [3.8, 4) is 0 Å². The minimum atomic E-state index is -0.565. The summed E-state index contributed by atoms with van der Waals surface area (Å²) in [5, 5.41) is 2.48. The Morgan fingerprint density at radius 3 is 2.25 bits per heavy atom. The zero-order valence-corrected chi connectivity index (χ0v) is 11.7. The van der Waals surface area contributed by atoms with Gasteiger partial charge in [-0.3, -0.25) is 25.2 Å². The molecule has 0 aliphatic carbocycles. The van der Waals surface area contributed by atoms with Crippen molar-refractivity contribution in [2.45, 2.75) is 20.8 Å². The number of amides is 3. The van der Waals surface area contributed by atoms with Crippen LogP contribution in [0.15, 0.2) is 24.3 Å². The first-order valence-electron chi connectivity index (χ1n) is 6.14. The van der Waals surface area contributed by atoms with Gasteiger partial charge in [0.25, 0.3) is 11.8 Å². The SMILES string of the molecule is CC(C)(C)C(=O)NCC(=O)NNC(=O)c1cc[c]cc1. The van der Waals surface area contributed by atoms with Crippen molar-refractivity contribution >= 4 is 17.7 Å². The van der Waals surface area contributed by atoms with Crippen LogP contribution in [-0.4, -0.2) is 24.3 Å². The van der Waals surface area contributed by atoms with E-state index in [0.29, 0.717) is 5.56 Å². The molecule has 6 nitrogen and oxygen atoms in total. The Morgan fingerprint density at radius 1 is 1.10 bits per heavy atom. The van der Waals surface area contributed by atoms with Crippen LogP contribution in [0.5, 0.6) is 0 Å². The zero-order chi connectivity index (χ0) is 15.2.